The van der Waals surface area contributed by atoms with Gasteiger partial charge in [0.2, 0.25) is 5.88 Å². The SMILES string of the molecule is C[C@H](N)c1ccc(OCCN(C)C)nc1. The van der Waals surface area contributed by atoms with Crippen LogP contribution in [0.2, 0.25) is 0 Å². The first kappa shape index (κ1) is 11.9. The van der Waals surface area contributed by atoms with Crippen molar-refractivity contribution in [2.45, 2.75) is 13.0 Å². The van der Waals surface area contributed by atoms with E-state index in [9.17, 15) is 0 Å². The van der Waals surface area contributed by atoms with Crippen LogP contribution in [0.5, 0.6) is 5.88 Å². The highest BCUT2D eigenvalue weighted by Gasteiger charge is 2.00. The van der Waals surface area contributed by atoms with Crippen molar-refractivity contribution in [3.05, 3.63) is 23.9 Å². The predicted octanol–water partition coefficient (Wildman–Crippen LogP) is 1.04. The molecule has 4 heteroatoms. The normalized spacial score (nSPS) is 12.9. The van der Waals surface area contributed by atoms with Crippen LogP contribution >= 0.6 is 0 Å². The summed E-state index contributed by atoms with van der Waals surface area (Å²) in [5, 5.41) is 0. The molecule has 1 atom stereocenters. The molecule has 0 fully saturated rings. The molecular weight excluding hydrogens is 190 g/mol. The molecule has 1 heterocycles. The van der Waals surface area contributed by atoms with Crippen molar-refractivity contribution >= 4 is 0 Å². The van der Waals surface area contributed by atoms with Gasteiger partial charge in [-0.1, -0.05) is 6.07 Å². The average molecular weight is 209 g/mol. The molecule has 1 rings (SSSR count). The summed E-state index contributed by atoms with van der Waals surface area (Å²) in [4.78, 5) is 6.24. The molecular formula is C11H19N3O. The monoisotopic (exact) mass is 209 g/mol. The smallest absolute Gasteiger partial charge is 0.213 e. The third-order valence-corrected chi connectivity index (χ3v) is 2.07. The lowest BCUT2D eigenvalue weighted by molar-refractivity contribution is 0.254. The van der Waals surface area contributed by atoms with Crippen LogP contribution < -0.4 is 10.5 Å². The molecule has 4 nitrogen and oxygen atoms in total. The van der Waals surface area contributed by atoms with E-state index in [2.05, 4.69) is 9.88 Å². The molecule has 1 aromatic heterocycles. The largest absolute Gasteiger partial charge is 0.476 e. The van der Waals surface area contributed by atoms with Gasteiger partial charge in [0, 0.05) is 24.8 Å². The van der Waals surface area contributed by atoms with E-state index in [4.69, 9.17) is 10.5 Å². The Bertz CT molecular complexity index is 282. The van der Waals surface area contributed by atoms with E-state index >= 15 is 0 Å². The third kappa shape index (κ3) is 4.27. The van der Waals surface area contributed by atoms with Gasteiger partial charge < -0.3 is 15.4 Å². The Morgan fingerprint density at radius 3 is 2.67 bits per heavy atom. The number of ether oxygens (including phenoxy) is 1. The number of pyridine rings is 1. The summed E-state index contributed by atoms with van der Waals surface area (Å²) < 4.78 is 5.46. The number of aromatic nitrogens is 1. The Balaban J connectivity index is 2.43. The van der Waals surface area contributed by atoms with Crippen LogP contribution in [0.25, 0.3) is 0 Å². The highest BCUT2D eigenvalue weighted by Crippen LogP contribution is 2.12. The number of likely N-dealkylation sites (N-methyl/N-ethyl adjacent to an activating group) is 1. The number of rotatable bonds is 5. The Hall–Kier alpha value is -1.13. The first-order valence-corrected chi connectivity index (χ1v) is 5.08. The summed E-state index contributed by atoms with van der Waals surface area (Å²) in [5.41, 5.74) is 6.74. The minimum atomic E-state index is 0.0216. The lowest BCUT2D eigenvalue weighted by atomic mass is 10.2. The fourth-order valence-electron chi connectivity index (χ4n) is 1.08. The second kappa shape index (κ2) is 5.68. The van der Waals surface area contributed by atoms with E-state index in [0.29, 0.717) is 12.5 Å². The van der Waals surface area contributed by atoms with Gasteiger partial charge in [-0.3, -0.25) is 0 Å². The summed E-state index contributed by atoms with van der Waals surface area (Å²) in [6, 6.07) is 3.82. The van der Waals surface area contributed by atoms with Gasteiger partial charge in [-0.05, 0) is 26.6 Å². The van der Waals surface area contributed by atoms with Crippen LogP contribution in [0.1, 0.15) is 18.5 Å². The zero-order valence-corrected chi connectivity index (χ0v) is 9.60. The van der Waals surface area contributed by atoms with Crippen LogP contribution in [0.3, 0.4) is 0 Å². The van der Waals surface area contributed by atoms with Gasteiger partial charge in [0.1, 0.15) is 6.61 Å². The fraction of sp³-hybridized carbons (Fsp3) is 0.545. The molecule has 0 spiro atoms. The van der Waals surface area contributed by atoms with Crippen molar-refractivity contribution in [1.82, 2.24) is 9.88 Å². The van der Waals surface area contributed by atoms with Crippen LogP contribution in [0.15, 0.2) is 18.3 Å². The van der Waals surface area contributed by atoms with Gasteiger partial charge in [-0.25, -0.2) is 4.98 Å². The van der Waals surface area contributed by atoms with Crippen LogP contribution in [0.4, 0.5) is 0 Å². The molecule has 2 N–H and O–H groups in total. The van der Waals surface area contributed by atoms with Gasteiger partial charge in [0.25, 0.3) is 0 Å². The summed E-state index contributed by atoms with van der Waals surface area (Å²) >= 11 is 0. The van der Waals surface area contributed by atoms with Crippen molar-refractivity contribution in [1.29, 1.82) is 0 Å². The van der Waals surface area contributed by atoms with Gasteiger partial charge in [0.05, 0.1) is 0 Å². The molecule has 0 aliphatic rings. The topological polar surface area (TPSA) is 51.4 Å². The Morgan fingerprint density at radius 2 is 2.20 bits per heavy atom. The Labute approximate surface area is 91.1 Å². The predicted molar refractivity (Wildman–Crippen MR) is 60.9 cm³/mol. The minimum Gasteiger partial charge on any atom is -0.476 e. The van der Waals surface area contributed by atoms with E-state index in [-0.39, 0.29) is 6.04 Å². The Kier molecular flexibility index (Phi) is 4.52. The summed E-state index contributed by atoms with van der Waals surface area (Å²) in [6.07, 6.45) is 1.76. The van der Waals surface area contributed by atoms with Gasteiger partial charge in [0.15, 0.2) is 0 Å². The molecule has 0 unspecified atom stereocenters. The van der Waals surface area contributed by atoms with E-state index in [1.807, 2.05) is 33.2 Å². The first-order valence-electron chi connectivity index (χ1n) is 5.08. The van der Waals surface area contributed by atoms with Crippen molar-refractivity contribution < 1.29 is 4.74 Å². The zero-order valence-electron chi connectivity index (χ0n) is 9.60. The fourth-order valence-corrected chi connectivity index (χ4v) is 1.08. The van der Waals surface area contributed by atoms with Gasteiger partial charge in [-0.15, -0.1) is 0 Å². The molecule has 0 aliphatic heterocycles. The standard InChI is InChI=1S/C11H19N3O/c1-9(12)10-4-5-11(13-8-10)15-7-6-14(2)3/h4-5,8-9H,6-7,12H2,1-3H3/t9-/m0/s1. The zero-order chi connectivity index (χ0) is 11.3. The first-order chi connectivity index (χ1) is 7.09. The highest BCUT2D eigenvalue weighted by atomic mass is 16.5. The third-order valence-electron chi connectivity index (χ3n) is 2.07. The Morgan fingerprint density at radius 1 is 1.47 bits per heavy atom. The van der Waals surface area contributed by atoms with E-state index in [1.54, 1.807) is 6.20 Å². The number of nitrogens with zero attached hydrogens (tertiary/aromatic N) is 2. The maximum Gasteiger partial charge on any atom is 0.213 e. The van der Waals surface area contributed by atoms with Crippen LogP contribution in [-0.4, -0.2) is 37.1 Å². The minimum absolute atomic E-state index is 0.0216. The average Bonchev–Trinajstić information content (AvgIpc) is 2.18. The van der Waals surface area contributed by atoms with Crippen molar-refractivity contribution in [3.63, 3.8) is 0 Å². The van der Waals surface area contributed by atoms with Crippen molar-refractivity contribution in [3.8, 4) is 5.88 Å². The van der Waals surface area contributed by atoms with E-state index in [1.165, 1.54) is 0 Å². The van der Waals surface area contributed by atoms with Crippen molar-refractivity contribution in [2.24, 2.45) is 5.73 Å². The molecule has 1 aromatic rings. The summed E-state index contributed by atoms with van der Waals surface area (Å²) in [7, 11) is 4.02. The molecule has 0 saturated heterocycles. The maximum absolute atomic E-state index is 5.72. The van der Waals surface area contributed by atoms with Crippen LogP contribution in [0, 0.1) is 0 Å². The maximum atomic E-state index is 5.72. The lowest BCUT2D eigenvalue weighted by Gasteiger charge is -2.11. The highest BCUT2D eigenvalue weighted by molar-refractivity contribution is 5.19. The molecule has 0 aliphatic carbocycles. The van der Waals surface area contributed by atoms with E-state index in [0.717, 1.165) is 12.1 Å². The quantitative estimate of drug-likeness (QED) is 0.787. The number of hydrogen-bond donors (Lipinski definition) is 1. The van der Waals surface area contributed by atoms with Gasteiger partial charge >= 0.3 is 0 Å². The molecule has 0 saturated carbocycles. The second-order valence-corrected chi connectivity index (χ2v) is 3.87. The molecule has 84 valence electrons. The molecule has 0 amide bonds. The summed E-state index contributed by atoms with van der Waals surface area (Å²) in [5.74, 6) is 0.654. The molecule has 15 heavy (non-hydrogen) atoms. The van der Waals surface area contributed by atoms with Crippen molar-refractivity contribution in [2.75, 3.05) is 27.2 Å². The number of hydrogen-bond acceptors (Lipinski definition) is 4. The molecule has 0 radical (unpaired) electrons. The van der Waals surface area contributed by atoms with Gasteiger partial charge in [-0.2, -0.15) is 0 Å². The van der Waals surface area contributed by atoms with E-state index < -0.39 is 0 Å². The lowest BCUT2D eigenvalue weighted by Crippen LogP contribution is -2.19. The number of nitrogens with two attached hydrogens (primary N) is 1. The molecule has 0 aromatic carbocycles. The molecule has 0 bridgehead atoms. The second-order valence-electron chi connectivity index (χ2n) is 3.87. The van der Waals surface area contributed by atoms with Crippen LogP contribution in [-0.2, 0) is 0 Å². The summed E-state index contributed by atoms with van der Waals surface area (Å²) in [6.45, 7) is 3.47.